The van der Waals surface area contributed by atoms with Gasteiger partial charge in [0.2, 0.25) is 5.91 Å². The summed E-state index contributed by atoms with van der Waals surface area (Å²) in [5.41, 5.74) is 0. The fourth-order valence-corrected chi connectivity index (χ4v) is 2.12. The molecular formula is C12H21N5O2. The minimum absolute atomic E-state index is 0.0393. The number of aryl methyl sites for hydroxylation is 2. The average Bonchev–Trinajstić information content (AvgIpc) is 2.69. The average molecular weight is 267 g/mol. The van der Waals surface area contributed by atoms with E-state index in [-0.39, 0.29) is 11.9 Å². The van der Waals surface area contributed by atoms with Crippen LogP contribution in [0, 0.1) is 13.8 Å². The van der Waals surface area contributed by atoms with E-state index in [1.54, 1.807) is 4.68 Å². The van der Waals surface area contributed by atoms with Gasteiger partial charge in [0, 0.05) is 25.6 Å². The van der Waals surface area contributed by atoms with Crippen LogP contribution in [0.25, 0.3) is 0 Å². The van der Waals surface area contributed by atoms with Crippen molar-refractivity contribution >= 4 is 5.91 Å². The maximum absolute atomic E-state index is 11.7. The highest BCUT2D eigenvalue weighted by Gasteiger charge is 2.16. The molecule has 1 atom stereocenters. The molecule has 2 N–H and O–H groups in total. The van der Waals surface area contributed by atoms with Crippen molar-refractivity contribution < 1.29 is 9.53 Å². The molecule has 7 heteroatoms. The van der Waals surface area contributed by atoms with E-state index in [9.17, 15) is 4.79 Å². The fourth-order valence-electron chi connectivity index (χ4n) is 2.12. The predicted molar refractivity (Wildman–Crippen MR) is 69.7 cm³/mol. The number of carbonyl (C=O) groups excluding carboxylic acids is 1. The van der Waals surface area contributed by atoms with E-state index in [0.717, 1.165) is 24.8 Å². The minimum atomic E-state index is 0.0393. The molecule has 0 bridgehead atoms. The lowest BCUT2D eigenvalue weighted by molar-refractivity contribution is -0.122. The monoisotopic (exact) mass is 267 g/mol. The Labute approximate surface area is 112 Å². The Morgan fingerprint density at radius 1 is 1.58 bits per heavy atom. The van der Waals surface area contributed by atoms with Gasteiger partial charge in [-0.25, -0.2) is 9.67 Å². The molecule has 1 amide bonds. The van der Waals surface area contributed by atoms with Crippen LogP contribution in [0.4, 0.5) is 0 Å². The SMILES string of the molecule is Cc1nc(C)n(CCNC(=O)C[C@H]2COCCN2)n1. The van der Waals surface area contributed by atoms with Crippen LogP contribution < -0.4 is 10.6 Å². The molecule has 0 radical (unpaired) electrons. The fraction of sp³-hybridized carbons (Fsp3) is 0.750. The van der Waals surface area contributed by atoms with Crippen LogP contribution in [0.15, 0.2) is 0 Å². The molecule has 1 saturated heterocycles. The first kappa shape index (κ1) is 14.0. The van der Waals surface area contributed by atoms with E-state index in [0.29, 0.717) is 26.1 Å². The molecule has 1 aromatic rings. The summed E-state index contributed by atoms with van der Waals surface area (Å²) in [6.07, 6.45) is 0.454. The molecule has 0 aromatic carbocycles. The molecule has 106 valence electrons. The van der Waals surface area contributed by atoms with Crippen molar-refractivity contribution in [1.29, 1.82) is 0 Å². The van der Waals surface area contributed by atoms with Crippen LogP contribution in [-0.2, 0) is 16.1 Å². The van der Waals surface area contributed by atoms with Gasteiger partial charge in [-0.05, 0) is 13.8 Å². The van der Waals surface area contributed by atoms with Crippen molar-refractivity contribution in [3.05, 3.63) is 11.6 Å². The van der Waals surface area contributed by atoms with E-state index in [4.69, 9.17) is 4.74 Å². The zero-order valence-electron chi connectivity index (χ0n) is 11.5. The summed E-state index contributed by atoms with van der Waals surface area (Å²) >= 11 is 0. The molecule has 2 heterocycles. The normalized spacial score (nSPS) is 19.4. The molecule has 2 rings (SSSR count). The Balaban J connectivity index is 1.67. The minimum Gasteiger partial charge on any atom is -0.378 e. The van der Waals surface area contributed by atoms with Crippen LogP contribution in [-0.4, -0.2) is 53.0 Å². The van der Waals surface area contributed by atoms with E-state index in [1.165, 1.54) is 0 Å². The molecule has 1 aliphatic rings. The van der Waals surface area contributed by atoms with Gasteiger partial charge in [-0.3, -0.25) is 4.79 Å². The van der Waals surface area contributed by atoms with Gasteiger partial charge in [0.1, 0.15) is 11.6 Å². The number of aromatic nitrogens is 3. The third-order valence-electron chi connectivity index (χ3n) is 3.04. The van der Waals surface area contributed by atoms with E-state index in [1.807, 2.05) is 13.8 Å². The van der Waals surface area contributed by atoms with E-state index in [2.05, 4.69) is 20.7 Å². The lowest BCUT2D eigenvalue weighted by Gasteiger charge is -2.23. The number of amides is 1. The lowest BCUT2D eigenvalue weighted by atomic mass is 10.2. The summed E-state index contributed by atoms with van der Waals surface area (Å²) in [5.74, 6) is 1.67. The molecule has 0 saturated carbocycles. The van der Waals surface area contributed by atoms with Crippen molar-refractivity contribution in [2.45, 2.75) is 32.9 Å². The number of rotatable bonds is 5. The van der Waals surface area contributed by atoms with E-state index < -0.39 is 0 Å². The molecule has 0 aliphatic carbocycles. The first-order valence-electron chi connectivity index (χ1n) is 6.61. The van der Waals surface area contributed by atoms with Gasteiger partial charge in [0.25, 0.3) is 0 Å². The highest BCUT2D eigenvalue weighted by molar-refractivity contribution is 5.76. The molecule has 7 nitrogen and oxygen atoms in total. The van der Waals surface area contributed by atoms with Crippen LogP contribution in [0.3, 0.4) is 0 Å². The van der Waals surface area contributed by atoms with Gasteiger partial charge < -0.3 is 15.4 Å². The summed E-state index contributed by atoms with van der Waals surface area (Å²) in [5, 5.41) is 10.4. The van der Waals surface area contributed by atoms with Crippen molar-refractivity contribution in [2.75, 3.05) is 26.3 Å². The van der Waals surface area contributed by atoms with Gasteiger partial charge in [-0.15, -0.1) is 0 Å². The Hall–Kier alpha value is -1.47. The smallest absolute Gasteiger partial charge is 0.221 e. The standard InChI is InChI=1S/C12H21N5O2/c1-9-15-10(2)17(16-9)5-3-14-12(18)7-11-8-19-6-4-13-11/h11,13H,3-8H2,1-2H3,(H,14,18)/t11-/m0/s1. The van der Waals surface area contributed by atoms with Crippen molar-refractivity contribution in [1.82, 2.24) is 25.4 Å². The predicted octanol–water partition coefficient (Wildman–Crippen LogP) is -0.610. The van der Waals surface area contributed by atoms with Crippen molar-refractivity contribution in [3.63, 3.8) is 0 Å². The van der Waals surface area contributed by atoms with Crippen LogP contribution in [0.1, 0.15) is 18.1 Å². The highest BCUT2D eigenvalue weighted by Crippen LogP contribution is 1.98. The number of hydrogen-bond acceptors (Lipinski definition) is 5. The lowest BCUT2D eigenvalue weighted by Crippen LogP contribution is -2.44. The quantitative estimate of drug-likeness (QED) is 0.744. The largest absolute Gasteiger partial charge is 0.378 e. The van der Waals surface area contributed by atoms with Gasteiger partial charge in [-0.1, -0.05) is 0 Å². The molecule has 1 fully saturated rings. The second kappa shape index (κ2) is 6.63. The summed E-state index contributed by atoms with van der Waals surface area (Å²) in [6, 6.07) is 0.129. The molecular weight excluding hydrogens is 246 g/mol. The number of carbonyl (C=O) groups is 1. The Kier molecular flexibility index (Phi) is 4.86. The summed E-state index contributed by atoms with van der Waals surface area (Å²) in [6.45, 7) is 7.12. The van der Waals surface area contributed by atoms with E-state index >= 15 is 0 Å². The maximum Gasteiger partial charge on any atom is 0.221 e. The maximum atomic E-state index is 11.7. The zero-order chi connectivity index (χ0) is 13.7. The number of hydrogen-bond donors (Lipinski definition) is 2. The molecule has 19 heavy (non-hydrogen) atoms. The number of morpholine rings is 1. The molecule has 0 spiro atoms. The van der Waals surface area contributed by atoms with Crippen molar-refractivity contribution in [2.24, 2.45) is 0 Å². The topological polar surface area (TPSA) is 81.1 Å². The Morgan fingerprint density at radius 3 is 3.05 bits per heavy atom. The molecule has 1 aromatic heterocycles. The summed E-state index contributed by atoms with van der Waals surface area (Å²) in [7, 11) is 0. The van der Waals surface area contributed by atoms with Gasteiger partial charge in [0.15, 0.2) is 0 Å². The number of ether oxygens (including phenoxy) is 1. The van der Waals surface area contributed by atoms with Gasteiger partial charge in [-0.2, -0.15) is 5.10 Å². The molecule has 1 aliphatic heterocycles. The zero-order valence-corrected chi connectivity index (χ0v) is 11.5. The van der Waals surface area contributed by atoms with Gasteiger partial charge >= 0.3 is 0 Å². The van der Waals surface area contributed by atoms with Gasteiger partial charge in [0.05, 0.1) is 19.8 Å². The van der Waals surface area contributed by atoms with Crippen LogP contribution >= 0.6 is 0 Å². The second-order valence-corrected chi connectivity index (χ2v) is 4.71. The Bertz CT molecular complexity index is 426. The summed E-state index contributed by atoms with van der Waals surface area (Å²) < 4.78 is 7.11. The van der Waals surface area contributed by atoms with Crippen molar-refractivity contribution in [3.8, 4) is 0 Å². The van der Waals surface area contributed by atoms with Crippen LogP contribution in [0.5, 0.6) is 0 Å². The third kappa shape index (κ3) is 4.29. The third-order valence-corrected chi connectivity index (χ3v) is 3.04. The summed E-state index contributed by atoms with van der Waals surface area (Å²) in [4.78, 5) is 16.0. The van der Waals surface area contributed by atoms with Crippen LogP contribution in [0.2, 0.25) is 0 Å². The second-order valence-electron chi connectivity index (χ2n) is 4.71. The molecule has 0 unspecified atom stereocenters. The first-order chi connectivity index (χ1) is 9.15. The first-order valence-corrected chi connectivity index (χ1v) is 6.61. The number of nitrogens with zero attached hydrogens (tertiary/aromatic N) is 3. The number of nitrogens with one attached hydrogen (secondary N) is 2. The Morgan fingerprint density at radius 2 is 2.42 bits per heavy atom. The highest BCUT2D eigenvalue weighted by atomic mass is 16.5.